The van der Waals surface area contributed by atoms with Gasteiger partial charge in [0.1, 0.15) is 13.2 Å². The van der Waals surface area contributed by atoms with Crippen LogP contribution in [-0.4, -0.2) is 78.4 Å². The second-order valence-electron chi connectivity index (χ2n) is 7.00. The lowest BCUT2D eigenvalue weighted by atomic mass is 10.2. The Morgan fingerprint density at radius 2 is 1.30 bits per heavy atom. The number of carbonyl (C=O) groups excluding carboxylic acids is 4. The summed E-state index contributed by atoms with van der Waals surface area (Å²) in [5.41, 5.74) is 11.0. The van der Waals surface area contributed by atoms with Gasteiger partial charge < -0.3 is 35.3 Å². The highest BCUT2D eigenvalue weighted by Crippen LogP contribution is 2.43. The molecule has 5 N–H and O–H groups in total. The van der Waals surface area contributed by atoms with Gasteiger partial charge in [-0.05, 0) is 13.8 Å². The zero-order valence-electron chi connectivity index (χ0n) is 18.5. The van der Waals surface area contributed by atoms with E-state index in [1.54, 1.807) is 13.8 Å². The van der Waals surface area contributed by atoms with Gasteiger partial charge in [-0.15, -0.1) is 0 Å². The molecule has 0 fully saturated rings. The summed E-state index contributed by atoms with van der Waals surface area (Å²) in [6.07, 6.45) is -2.73. The number of halogens is 1. The SMILES string of the molecule is CC(=O)OC[C@H](COP(=O)(O)OCC(COC(=O)C[C@@H](C)N)OC(=O)C[C@@H](C)N)OC(=O)Br. The third kappa shape index (κ3) is 18.5. The fourth-order valence-corrected chi connectivity index (χ4v) is 3.02. The van der Waals surface area contributed by atoms with Crippen LogP contribution < -0.4 is 11.5 Å². The Kier molecular flexibility index (Phi) is 15.3. The molecular weight excluding hydrogens is 535 g/mol. The van der Waals surface area contributed by atoms with Crippen molar-refractivity contribution in [3.8, 4) is 0 Å². The van der Waals surface area contributed by atoms with E-state index in [2.05, 4.69) is 20.7 Å². The van der Waals surface area contributed by atoms with Crippen molar-refractivity contribution in [1.29, 1.82) is 0 Å². The average Bonchev–Trinajstić information content (AvgIpc) is 2.64. The Hall–Kier alpha value is -1.61. The van der Waals surface area contributed by atoms with Gasteiger partial charge in [0.05, 0.1) is 26.1 Å². The highest BCUT2D eigenvalue weighted by atomic mass is 79.9. The Morgan fingerprint density at radius 3 is 1.76 bits per heavy atom. The van der Waals surface area contributed by atoms with E-state index in [1.807, 2.05) is 0 Å². The first-order valence-corrected chi connectivity index (χ1v) is 12.0. The van der Waals surface area contributed by atoms with Gasteiger partial charge in [0.2, 0.25) is 0 Å². The molecule has 0 amide bonds. The van der Waals surface area contributed by atoms with Crippen molar-refractivity contribution in [2.45, 2.75) is 57.9 Å². The molecule has 0 rings (SSSR count). The highest BCUT2D eigenvalue weighted by Gasteiger charge is 2.29. The number of phosphoric acid groups is 1. The molecule has 0 bridgehead atoms. The van der Waals surface area contributed by atoms with Crippen LogP contribution in [0.2, 0.25) is 0 Å². The molecule has 0 aromatic heterocycles. The molecule has 0 saturated heterocycles. The Balaban J connectivity index is 4.94. The first-order valence-electron chi connectivity index (χ1n) is 9.67. The fraction of sp³-hybridized carbons (Fsp3) is 0.765. The van der Waals surface area contributed by atoms with Gasteiger partial charge in [0.15, 0.2) is 12.2 Å². The Bertz CT molecular complexity index is 705. The number of rotatable bonds is 16. The zero-order chi connectivity index (χ0) is 25.6. The van der Waals surface area contributed by atoms with Crippen LogP contribution in [0.25, 0.3) is 0 Å². The van der Waals surface area contributed by atoms with E-state index in [1.165, 1.54) is 0 Å². The molecule has 16 heteroatoms. The van der Waals surface area contributed by atoms with Crippen LogP contribution in [0.5, 0.6) is 0 Å². The van der Waals surface area contributed by atoms with Gasteiger partial charge in [0, 0.05) is 34.9 Å². The number of carbonyl (C=O) groups is 4. The number of hydrogen-bond acceptors (Lipinski definition) is 13. The van der Waals surface area contributed by atoms with Crippen molar-refractivity contribution in [3.63, 3.8) is 0 Å². The van der Waals surface area contributed by atoms with E-state index in [4.69, 9.17) is 34.7 Å². The number of ether oxygens (including phenoxy) is 4. The Morgan fingerprint density at radius 1 is 0.848 bits per heavy atom. The summed E-state index contributed by atoms with van der Waals surface area (Å²) in [4.78, 5) is 54.4. The summed E-state index contributed by atoms with van der Waals surface area (Å²) in [5.74, 6) is -2.10. The van der Waals surface area contributed by atoms with Crippen LogP contribution in [0.4, 0.5) is 4.79 Å². The summed E-state index contributed by atoms with van der Waals surface area (Å²) >= 11 is 2.51. The van der Waals surface area contributed by atoms with Crippen LogP contribution in [-0.2, 0) is 46.9 Å². The molecule has 0 aliphatic heterocycles. The van der Waals surface area contributed by atoms with Crippen LogP contribution >= 0.6 is 23.8 Å². The third-order valence-electron chi connectivity index (χ3n) is 3.28. The van der Waals surface area contributed by atoms with E-state index in [0.29, 0.717) is 0 Å². The van der Waals surface area contributed by atoms with Crippen molar-refractivity contribution < 1.29 is 56.6 Å². The number of phosphoric ester groups is 1. The van der Waals surface area contributed by atoms with E-state index in [-0.39, 0.29) is 12.8 Å². The number of hydrogen-bond donors (Lipinski definition) is 3. The first-order chi connectivity index (χ1) is 15.2. The number of esters is 3. The molecule has 0 aromatic rings. The molecule has 2 unspecified atom stereocenters. The maximum absolute atomic E-state index is 12.2. The van der Waals surface area contributed by atoms with Gasteiger partial charge >= 0.3 is 30.6 Å². The third-order valence-corrected chi connectivity index (χ3v) is 4.42. The van der Waals surface area contributed by atoms with Gasteiger partial charge in [-0.25, -0.2) is 9.36 Å². The van der Waals surface area contributed by atoms with Crippen LogP contribution in [0, 0.1) is 0 Å². The molecule has 33 heavy (non-hydrogen) atoms. The summed E-state index contributed by atoms with van der Waals surface area (Å²) in [5, 5.41) is 0. The maximum Gasteiger partial charge on any atom is 0.472 e. The average molecular weight is 565 g/mol. The summed E-state index contributed by atoms with van der Waals surface area (Å²) in [7, 11) is -4.76. The zero-order valence-corrected chi connectivity index (χ0v) is 21.0. The minimum atomic E-state index is -4.76. The molecule has 14 nitrogen and oxygen atoms in total. The van der Waals surface area contributed by atoms with Crippen LogP contribution in [0.15, 0.2) is 0 Å². The molecule has 0 spiro atoms. The molecule has 0 radical (unpaired) electrons. The van der Waals surface area contributed by atoms with Crippen molar-refractivity contribution in [2.75, 3.05) is 26.4 Å². The summed E-state index contributed by atoms with van der Waals surface area (Å²) < 4.78 is 41.1. The highest BCUT2D eigenvalue weighted by molar-refractivity contribution is 9.18. The molecule has 0 heterocycles. The quantitative estimate of drug-likeness (QED) is 0.101. The largest absolute Gasteiger partial charge is 0.472 e. The van der Waals surface area contributed by atoms with Gasteiger partial charge in [-0.3, -0.25) is 23.4 Å². The minimum Gasteiger partial charge on any atom is -0.462 e. The normalized spacial score (nSPS) is 16.5. The predicted octanol–water partition coefficient (Wildman–Crippen LogP) is 0.513. The van der Waals surface area contributed by atoms with Crippen molar-refractivity contribution in [3.05, 3.63) is 0 Å². The molecule has 0 aromatic carbocycles. The minimum absolute atomic E-state index is 0.0982. The lowest BCUT2D eigenvalue weighted by Crippen LogP contribution is -2.32. The van der Waals surface area contributed by atoms with Crippen molar-refractivity contribution >= 4 is 46.5 Å². The van der Waals surface area contributed by atoms with Gasteiger partial charge in [-0.2, -0.15) is 0 Å². The van der Waals surface area contributed by atoms with Crippen molar-refractivity contribution in [2.24, 2.45) is 11.5 Å². The first kappa shape index (κ1) is 31.4. The molecular formula is C17H30BrN2O12P. The second kappa shape index (κ2) is 16.1. The monoisotopic (exact) mass is 564 g/mol. The van der Waals surface area contributed by atoms with E-state index in [0.717, 1.165) is 6.92 Å². The maximum atomic E-state index is 12.2. The second-order valence-corrected chi connectivity index (χ2v) is 9.10. The topological polar surface area (TPSA) is 213 Å². The van der Waals surface area contributed by atoms with Gasteiger partial charge in [-0.1, -0.05) is 0 Å². The van der Waals surface area contributed by atoms with E-state index >= 15 is 0 Å². The molecule has 192 valence electrons. The summed E-state index contributed by atoms with van der Waals surface area (Å²) in [6.45, 7) is 1.99. The lowest BCUT2D eigenvalue weighted by molar-refractivity contribution is -0.161. The summed E-state index contributed by atoms with van der Waals surface area (Å²) in [6, 6.07) is -0.981. The molecule has 0 saturated carbocycles. The van der Waals surface area contributed by atoms with E-state index < -0.39 is 81.3 Å². The van der Waals surface area contributed by atoms with Crippen LogP contribution in [0.3, 0.4) is 0 Å². The Labute approximate surface area is 199 Å². The predicted molar refractivity (Wildman–Crippen MR) is 115 cm³/mol. The molecule has 5 atom stereocenters. The van der Waals surface area contributed by atoms with E-state index in [9.17, 15) is 28.6 Å². The van der Waals surface area contributed by atoms with Crippen LogP contribution in [0.1, 0.15) is 33.6 Å². The van der Waals surface area contributed by atoms with Gasteiger partial charge in [0.25, 0.3) is 0 Å². The molecule has 0 aliphatic rings. The van der Waals surface area contributed by atoms with Crippen molar-refractivity contribution in [1.82, 2.24) is 0 Å². The fourth-order valence-electron chi connectivity index (χ4n) is 1.97. The number of nitrogens with two attached hydrogens (primary N) is 2. The standard InChI is InChI=1S/C17H30BrN2O12P/c1-10(19)4-15(22)28-7-13(31-16(23)5-11(2)20)8-29-33(25,26)30-9-14(32-17(18)24)6-27-12(3)21/h10-11,13-14H,4-9,19-20H2,1-3H3,(H,25,26)/t10-,11-,13?,14-/m1/s1. The molecule has 0 aliphatic carbocycles. The smallest absolute Gasteiger partial charge is 0.462 e. The lowest BCUT2D eigenvalue weighted by Gasteiger charge is -2.21.